The van der Waals surface area contributed by atoms with Crippen molar-refractivity contribution in [1.29, 1.82) is 0 Å². The summed E-state index contributed by atoms with van der Waals surface area (Å²) in [5.74, 6) is -0.468. The average Bonchev–Trinajstić information content (AvgIpc) is 3.21. The van der Waals surface area contributed by atoms with E-state index in [1.165, 1.54) is 11.1 Å². The molecule has 2 aromatic rings. The van der Waals surface area contributed by atoms with Crippen LogP contribution in [0.5, 0.6) is 0 Å². The van der Waals surface area contributed by atoms with Gasteiger partial charge in [-0.15, -0.1) is 21.5 Å². The summed E-state index contributed by atoms with van der Waals surface area (Å²) >= 11 is 1.01. The van der Waals surface area contributed by atoms with E-state index in [-0.39, 0.29) is 22.9 Å². The molecule has 7 nitrogen and oxygen atoms in total. The number of hydrogen-bond donors (Lipinski definition) is 1. The SMILES string of the molecule is FC(F)n1nnc(C(c2nccs2)(C(F)F)N2CCNCC2)n1. The Hall–Kier alpha value is -1.66. The third kappa shape index (κ3) is 2.70. The van der Waals surface area contributed by atoms with Crippen LogP contribution in [0.15, 0.2) is 11.6 Å². The first-order chi connectivity index (χ1) is 11.1. The van der Waals surface area contributed by atoms with Crippen LogP contribution >= 0.6 is 11.3 Å². The number of aromatic nitrogens is 5. The minimum Gasteiger partial charge on any atom is -0.314 e. The van der Waals surface area contributed by atoms with Gasteiger partial charge in [0.15, 0.2) is 5.54 Å². The van der Waals surface area contributed by atoms with Gasteiger partial charge in [-0.05, 0) is 5.21 Å². The fourth-order valence-corrected chi connectivity index (χ4v) is 3.45. The molecule has 3 rings (SSSR count). The van der Waals surface area contributed by atoms with Crippen LogP contribution in [0.2, 0.25) is 0 Å². The highest BCUT2D eigenvalue weighted by atomic mass is 32.1. The van der Waals surface area contributed by atoms with E-state index in [0.29, 0.717) is 13.1 Å². The van der Waals surface area contributed by atoms with Crippen molar-refractivity contribution in [1.82, 2.24) is 35.4 Å². The van der Waals surface area contributed by atoms with E-state index in [9.17, 15) is 17.6 Å². The lowest BCUT2D eigenvalue weighted by atomic mass is 9.96. The van der Waals surface area contributed by atoms with Gasteiger partial charge in [0.2, 0.25) is 5.82 Å². The fourth-order valence-electron chi connectivity index (χ4n) is 2.59. The molecule has 0 spiro atoms. The van der Waals surface area contributed by atoms with E-state index < -0.39 is 24.3 Å². The molecule has 1 atom stereocenters. The number of thiazole rings is 1. The van der Waals surface area contributed by atoms with Gasteiger partial charge in [-0.2, -0.15) is 8.78 Å². The molecule has 126 valence electrons. The number of hydrogen-bond acceptors (Lipinski definition) is 7. The lowest BCUT2D eigenvalue weighted by Crippen LogP contribution is -2.59. The molecular weight excluding hydrogens is 338 g/mol. The largest absolute Gasteiger partial charge is 0.350 e. The van der Waals surface area contributed by atoms with Gasteiger partial charge in [0.25, 0.3) is 6.43 Å². The lowest BCUT2D eigenvalue weighted by Gasteiger charge is -2.41. The molecule has 0 radical (unpaired) electrons. The monoisotopic (exact) mass is 351 g/mol. The molecule has 0 amide bonds. The molecule has 1 N–H and O–H groups in total. The van der Waals surface area contributed by atoms with Crippen LogP contribution in [0.4, 0.5) is 17.6 Å². The van der Waals surface area contributed by atoms with Gasteiger partial charge in [0, 0.05) is 37.8 Å². The molecule has 3 heterocycles. The Labute approximate surface area is 132 Å². The van der Waals surface area contributed by atoms with Crippen LogP contribution in [-0.4, -0.2) is 62.7 Å². The van der Waals surface area contributed by atoms with E-state index >= 15 is 0 Å². The van der Waals surface area contributed by atoms with E-state index in [0.717, 1.165) is 11.3 Å². The van der Waals surface area contributed by atoms with Crippen LogP contribution in [0.3, 0.4) is 0 Å². The molecule has 1 aliphatic heterocycles. The molecule has 12 heteroatoms. The van der Waals surface area contributed by atoms with Gasteiger partial charge in [0.1, 0.15) is 5.01 Å². The second kappa shape index (κ2) is 6.45. The number of rotatable bonds is 5. The van der Waals surface area contributed by atoms with Crippen molar-refractivity contribution in [2.24, 2.45) is 0 Å². The number of nitrogens with zero attached hydrogens (tertiary/aromatic N) is 6. The zero-order chi connectivity index (χ0) is 16.4. The minimum absolute atomic E-state index is 0.0300. The van der Waals surface area contributed by atoms with E-state index in [2.05, 4.69) is 25.7 Å². The average molecular weight is 351 g/mol. The van der Waals surface area contributed by atoms with Gasteiger partial charge < -0.3 is 5.32 Å². The van der Waals surface area contributed by atoms with Gasteiger partial charge in [0.05, 0.1) is 0 Å². The third-order valence-electron chi connectivity index (χ3n) is 3.63. The van der Waals surface area contributed by atoms with Crippen molar-refractivity contribution in [2.75, 3.05) is 26.2 Å². The Morgan fingerprint density at radius 2 is 1.96 bits per heavy atom. The number of alkyl halides is 4. The summed E-state index contributed by atoms with van der Waals surface area (Å²) in [5.41, 5.74) is -2.08. The predicted octanol–water partition coefficient (Wildman–Crippen LogP) is 0.939. The Morgan fingerprint density at radius 1 is 1.22 bits per heavy atom. The summed E-state index contributed by atoms with van der Waals surface area (Å²) in [4.78, 5) is 5.49. The van der Waals surface area contributed by atoms with E-state index in [1.54, 1.807) is 5.38 Å². The van der Waals surface area contributed by atoms with Gasteiger partial charge >= 0.3 is 6.55 Å². The topological polar surface area (TPSA) is 71.8 Å². The summed E-state index contributed by atoms with van der Waals surface area (Å²) in [6, 6.07) is 0. The van der Waals surface area contributed by atoms with Crippen molar-refractivity contribution in [2.45, 2.75) is 18.5 Å². The van der Waals surface area contributed by atoms with Crippen molar-refractivity contribution in [3.63, 3.8) is 0 Å². The van der Waals surface area contributed by atoms with Gasteiger partial charge in [-0.25, -0.2) is 13.8 Å². The van der Waals surface area contributed by atoms with Crippen LogP contribution < -0.4 is 5.32 Å². The summed E-state index contributed by atoms with van der Waals surface area (Å²) in [7, 11) is 0. The Kier molecular flexibility index (Phi) is 4.55. The smallest absolute Gasteiger partial charge is 0.314 e. The second-order valence-corrected chi connectivity index (χ2v) is 5.75. The van der Waals surface area contributed by atoms with E-state index in [4.69, 9.17) is 0 Å². The molecule has 23 heavy (non-hydrogen) atoms. The first-order valence-electron chi connectivity index (χ1n) is 6.79. The zero-order valence-electron chi connectivity index (χ0n) is 11.7. The lowest BCUT2D eigenvalue weighted by molar-refractivity contribution is -0.0448. The molecule has 0 saturated carbocycles. The summed E-state index contributed by atoms with van der Waals surface area (Å²) in [6.07, 6.45) is -1.57. The van der Waals surface area contributed by atoms with Crippen molar-refractivity contribution in [3.8, 4) is 0 Å². The molecule has 0 aromatic carbocycles. The second-order valence-electron chi connectivity index (χ2n) is 4.85. The maximum Gasteiger partial charge on any atom is 0.350 e. The molecule has 0 aliphatic carbocycles. The van der Waals surface area contributed by atoms with E-state index in [1.807, 2.05) is 0 Å². The number of piperazine rings is 1. The molecule has 2 aromatic heterocycles. The molecule has 1 fully saturated rings. The fraction of sp³-hybridized carbons (Fsp3) is 0.636. The maximum absolute atomic E-state index is 14.2. The van der Waals surface area contributed by atoms with Crippen LogP contribution in [0.25, 0.3) is 0 Å². The van der Waals surface area contributed by atoms with Crippen molar-refractivity contribution >= 4 is 11.3 Å². The van der Waals surface area contributed by atoms with Gasteiger partial charge in [-0.3, -0.25) is 4.90 Å². The molecular formula is C11H13F4N7S. The zero-order valence-corrected chi connectivity index (χ0v) is 12.6. The van der Waals surface area contributed by atoms with Crippen LogP contribution in [0.1, 0.15) is 17.4 Å². The predicted molar refractivity (Wildman–Crippen MR) is 72.4 cm³/mol. The first-order valence-corrected chi connectivity index (χ1v) is 7.66. The number of halogens is 4. The molecule has 1 unspecified atom stereocenters. The normalized spacial score (nSPS) is 19.4. The van der Waals surface area contributed by atoms with Crippen LogP contribution in [-0.2, 0) is 5.54 Å². The summed E-state index contributed by atoms with van der Waals surface area (Å²) in [6.45, 7) is -1.50. The van der Waals surface area contributed by atoms with Crippen molar-refractivity contribution in [3.05, 3.63) is 22.4 Å². The Morgan fingerprint density at radius 3 is 2.48 bits per heavy atom. The Balaban J connectivity index is 2.14. The van der Waals surface area contributed by atoms with Crippen LogP contribution in [0, 0.1) is 0 Å². The molecule has 0 bridgehead atoms. The molecule has 1 saturated heterocycles. The molecule has 1 aliphatic rings. The number of tetrazole rings is 1. The highest BCUT2D eigenvalue weighted by Gasteiger charge is 2.54. The first kappa shape index (κ1) is 16.2. The van der Waals surface area contributed by atoms with Crippen molar-refractivity contribution < 1.29 is 17.6 Å². The Bertz CT molecular complexity index is 628. The minimum atomic E-state index is -3.05. The highest BCUT2D eigenvalue weighted by molar-refractivity contribution is 7.09. The van der Waals surface area contributed by atoms with Gasteiger partial charge in [-0.1, -0.05) is 4.80 Å². The standard InChI is InChI=1S/C11H13F4N7S/c12-7(13)11(9-17-3-6-23-9,21-4-1-16-2-5-21)8-18-20-22(19-8)10(14)15/h3,6-7,10,16H,1-2,4-5H2. The number of nitrogens with one attached hydrogen (secondary N) is 1. The highest BCUT2D eigenvalue weighted by Crippen LogP contribution is 2.40. The summed E-state index contributed by atoms with van der Waals surface area (Å²) in [5, 5.41) is 14.9. The maximum atomic E-state index is 14.2. The quantitative estimate of drug-likeness (QED) is 0.809. The third-order valence-corrected chi connectivity index (χ3v) is 4.53. The summed E-state index contributed by atoms with van der Waals surface area (Å²) < 4.78 is 53.9.